The van der Waals surface area contributed by atoms with E-state index in [0.717, 1.165) is 18.5 Å². The predicted octanol–water partition coefficient (Wildman–Crippen LogP) is 5.83. The molecule has 1 N–H and O–H groups in total. The summed E-state index contributed by atoms with van der Waals surface area (Å²) < 4.78 is 5.26. The highest BCUT2D eigenvalue weighted by Crippen LogP contribution is 2.13. The normalized spacial score (nSPS) is 11.1. The second kappa shape index (κ2) is 10.9. The number of hydrogen-bond acceptors (Lipinski definition) is 4. The van der Waals surface area contributed by atoms with Gasteiger partial charge in [-0.1, -0.05) is 76.3 Å². The summed E-state index contributed by atoms with van der Waals surface area (Å²) in [6.07, 6.45) is 13.1. The number of nitrogens with zero attached hydrogens (tertiary/aromatic N) is 1. The van der Waals surface area contributed by atoms with Crippen LogP contribution in [0.2, 0.25) is 0 Å². The molecule has 0 aliphatic rings. The quantitative estimate of drug-likeness (QED) is 0.492. The molecule has 0 radical (unpaired) electrons. The predicted molar refractivity (Wildman–Crippen MR) is 105 cm³/mol. The number of unbranched alkanes of at least 4 members (excludes halogenated alkanes) is 9. The van der Waals surface area contributed by atoms with Gasteiger partial charge in [0, 0.05) is 6.54 Å². The molecule has 2 rings (SSSR count). The van der Waals surface area contributed by atoms with E-state index in [1.807, 2.05) is 25.1 Å². The molecule has 0 saturated carbocycles. The molecule has 0 unspecified atom stereocenters. The van der Waals surface area contributed by atoms with Crippen molar-refractivity contribution >= 4 is 16.9 Å². The molecule has 0 aliphatic carbocycles. The Kier molecular flexibility index (Phi) is 8.50. The van der Waals surface area contributed by atoms with Gasteiger partial charge in [-0.15, -0.1) is 0 Å². The van der Waals surface area contributed by atoms with Crippen LogP contribution < -0.4 is 10.9 Å². The van der Waals surface area contributed by atoms with Crippen LogP contribution in [0.4, 0.5) is 6.01 Å². The molecule has 1 aromatic carbocycles. The third-order valence-corrected chi connectivity index (χ3v) is 4.59. The Balaban J connectivity index is 1.62. The van der Waals surface area contributed by atoms with E-state index in [2.05, 4.69) is 17.2 Å². The number of hydrogen-bond donors (Lipinski definition) is 1. The minimum Gasteiger partial charge on any atom is -0.389 e. The second-order valence-electron chi connectivity index (χ2n) is 6.94. The van der Waals surface area contributed by atoms with E-state index < -0.39 is 0 Å². The maximum Gasteiger partial charge on any atom is 0.348 e. The van der Waals surface area contributed by atoms with E-state index in [1.54, 1.807) is 0 Å². The van der Waals surface area contributed by atoms with Crippen LogP contribution >= 0.6 is 0 Å². The van der Waals surface area contributed by atoms with Gasteiger partial charge in [0.25, 0.3) is 6.01 Å². The van der Waals surface area contributed by atoms with Gasteiger partial charge >= 0.3 is 5.63 Å². The summed E-state index contributed by atoms with van der Waals surface area (Å²) in [6, 6.07) is 5.98. The van der Waals surface area contributed by atoms with Gasteiger partial charge in [0.1, 0.15) is 0 Å². The molecule has 4 heteroatoms. The summed E-state index contributed by atoms with van der Waals surface area (Å²) in [4.78, 5) is 16.4. The van der Waals surface area contributed by atoms with Crippen LogP contribution in [0, 0.1) is 6.92 Å². The first-order valence-electron chi connectivity index (χ1n) is 9.86. The van der Waals surface area contributed by atoms with E-state index in [4.69, 9.17) is 4.42 Å². The summed E-state index contributed by atoms with van der Waals surface area (Å²) in [5.74, 6) is 0. The van der Waals surface area contributed by atoms with Crippen molar-refractivity contribution < 1.29 is 4.42 Å². The van der Waals surface area contributed by atoms with E-state index >= 15 is 0 Å². The first kappa shape index (κ1) is 19.5. The lowest BCUT2D eigenvalue weighted by atomic mass is 10.1. The van der Waals surface area contributed by atoms with Crippen LogP contribution in [0.5, 0.6) is 0 Å². The van der Waals surface area contributed by atoms with Crippen LogP contribution in [-0.2, 0) is 0 Å². The van der Waals surface area contributed by atoms with Crippen LogP contribution in [0.15, 0.2) is 27.4 Å². The molecule has 0 fully saturated rings. The van der Waals surface area contributed by atoms with E-state index in [0.29, 0.717) is 16.9 Å². The molecule has 0 saturated heterocycles. The largest absolute Gasteiger partial charge is 0.389 e. The zero-order valence-corrected chi connectivity index (χ0v) is 15.8. The van der Waals surface area contributed by atoms with Gasteiger partial charge in [-0.05, 0) is 25.5 Å². The standard InChI is InChI=1S/C21H32N2O2/c1-3-4-5-6-7-8-9-10-11-12-15-22-21-23-19-14-13-17(2)16-18(19)20(24)25-21/h13-14,16H,3-12,15H2,1-2H3,(H,22,23). The van der Waals surface area contributed by atoms with Gasteiger partial charge in [0.05, 0.1) is 10.9 Å². The van der Waals surface area contributed by atoms with Crippen LogP contribution in [0.3, 0.4) is 0 Å². The highest BCUT2D eigenvalue weighted by Gasteiger charge is 2.05. The summed E-state index contributed by atoms with van der Waals surface area (Å²) >= 11 is 0. The zero-order chi connectivity index (χ0) is 17.9. The van der Waals surface area contributed by atoms with Gasteiger partial charge in [-0.3, -0.25) is 0 Å². The summed E-state index contributed by atoms with van der Waals surface area (Å²) in [5, 5.41) is 3.69. The number of rotatable bonds is 12. The van der Waals surface area contributed by atoms with Crippen molar-refractivity contribution in [2.75, 3.05) is 11.9 Å². The fraction of sp³-hybridized carbons (Fsp3) is 0.619. The van der Waals surface area contributed by atoms with E-state index in [1.165, 1.54) is 57.8 Å². The Labute approximate surface area is 151 Å². The van der Waals surface area contributed by atoms with Gasteiger partial charge in [-0.2, -0.15) is 4.98 Å². The number of aromatic nitrogens is 1. The monoisotopic (exact) mass is 344 g/mol. The average Bonchev–Trinajstić information content (AvgIpc) is 2.60. The minimum absolute atomic E-state index is 0.320. The Morgan fingerprint density at radius 3 is 2.28 bits per heavy atom. The number of anilines is 1. The smallest absolute Gasteiger partial charge is 0.348 e. The lowest BCUT2D eigenvalue weighted by Crippen LogP contribution is -2.09. The van der Waals surface area contributed by atoms with Crippen molar-refractivity contribution in [2.24, 2.45) is 0 Å². The molecule has 1 heterocycles. The molecular weight excluding hydrogens is 312 g/mol. The van der Waals surface area contributed by atoms with Crippen molar-refractivity contribution in [1.29, 1.82) is 0 Å². The molecular formula is C21H32N2O2. The van der Waals surface area contributed by atoms with Crippen LogP contribution in [-0.4, -0.2) is 11.5 Å². The lowest BCUT2D eigenvalue weighted by molar-refractivity contribution is 0.512. The van der Waals surface area contributed by atoms with E-state index in [9.17, 15) is 4.79 Å². The van der Waals surface area contributed by atoms with Crippen molar-refractivity contribution in [2.45, 2.75) is 78.1 Å². The number of benzene rings is 1. The van der Waals surface area contributed by atoms with Gasteiger partial charge in [0.2, 0.25) is 0 Å². The van der Waals surface area contributed by atoms with Crippen LogP contribution in [0.1, 0.15) is 76.7 Å². The highest BCUT2D eigenvalue weighted by atomic mass is 16.4. The van der Waals surface area contributed by atoms with Gasteiger partial charge < -0.3 is 9.73 Å². The van der Waals surface area contributed by atoms with Gasteiger partial charge in [-0.25, -0.2) is 4.79 Å². The number of aryl methyl sites for hydroxylation is 1. The third kappa shape index (κ3) is 6.89. The molecule has 138 valence electrons. The summed E-state index contributed by atoms with van der Waals surface area (Å²) in [5.41, 5.74) is 1.40. The SMILES string of the molecule is CCCCCCCCCCCCNc1nc2ccc(C)cc2c(=O)o1. The Morgan fingerprint density at radius 1 is 0.960 bits per heavy atom. The number of fused-ring (bicyclic) bond motifs is 1. The highest BCUT2D eigenvalue weighted by molar-refractivity contribution is 5.78. The van der Waals surface area contributed by atoms with Crippen molar-refractivity contribution in [3.63, 3.8) is 0 Å². The summed E-state index contributed by atoms with van der Waals surface area (Å²) in [6.45, 7) is 5.01. The molecule has 2 aromatic rings. The Morgan fingerprint density at radius 2 is 1.60 bits per heavy atom. The number of nitrogens with one attached hydrogen (secondary N) is 1. The van der Waals surface area contributed by atoms with Gasteiger partial charge in [0.15, 0.2) is 0 Å². The third-order valence-electron chi connectivity index (χ3n) is 4.59. The molecule has 4 nitrogen and oxygen atoms in total. The Hall–Kier alpha value is -1.84. The van der Waals surface area contributed by atoms with Crippen molar-refractivity contribution in [1.82, 2.24) is 4.98 Å². The van der Waals surface area contributed by atoms with Crippen molar-refractivity contribution in [3.05, 3.63) is 34.2 Å². The topological polar surface area (TPSA) is 55.1 Å². The zero-order valence-electron chi connectivity index (χ0n) is 15.8. The Bertz CT molecular complexity index is 694. The molecule has 0 aliphatic heterocycles. The first-order chi connectivity index (χ1) is 12.2. The fourth-order valence-electron chi connectivity index (χ4n) is 3.07. The minimum atomic E-state index is -0.320. The lowest BCUT2D eigenvalue weighted by Gasteiger charge is -2.05. The average molecular weight is 344 g/mol. The molecule has 1 aromatic heterocycles. The second-order valence-corrected chi connectivity index (χ2v) is 6.94. The molecule has 0 bridgehead atoms. The fourth-order valence-corrected chi connectivity index (χ4v) is 3.07. The molecule has 0 spiro atoms. The maximum absolute atomic E-state index is 12.0. The van der Waals surface area contributed by atoms with E-state index in [-0.39, 0.29) is 5.63 Å². The van der Waals surface area contributed by atoms with Crippen molar-refractivity contribution in [3.8, 4) is 0 Å². The molecule has 0 amide bonds. The maximum atomic E-state index is 12.0. The molecule has 25 heavy (non-hydrogen) atoms. The summed E-state index contributed by atoms with van der Waals surface area (Å²) in [7, 11) is 0. The first-order valence-corrected chi connectivity index (χ1v) is 9.86. The van der Waals surface area contributed by atoms with Crippen LogP contribution in [0.25, 0.3) is 10.9 Å². The molecule has 0 atom stereocenters.